The van der Waals surface area contributed by atoms with Crippen molar-refractivity contribution < 1.29 is 0 Å². The minimum absolute atomic E-state index is 0.273. The monoisotopic (exact) mass is 340 g/mol. The van der Waals surface area contributed by atoms with E-state index >= 15 is 0 Å². The van der Waals surface area contributed by atoms with Crippen LogP contribution in [0.25, 0.3) is 11.2 Å². The Balaban J connectivity index is 2.57. The summed E-state index contributed by atoms with van der Waals surface area (Å²) in [6.45, 7) is 4.36. The topological polar surface area (TPSA) is 102 Å². The average Bonchev–Trinajstić information content (AvgIpc) is 2.74. The molecule has 2 rings (SSSR count). The van der Waals surface area contributed by atoms with Crippen LogP contribution >= 0.6 is 15.9 Å². The first-order valence-corrected chi connectivity index (χ1v) is 7.29. The zero-order valence-electron chi connectivity index (χ0n) is 11.5. The predicted molar refractivity (Wildman–Crippen MR) is 82.3 cm³/mol. The van der Waals surface area contributed by atoms with Crippen LogP contribution < -0.4 is 11.4 Å². The molecule has 0 aliphatic rings. The minimum atomic E-state index is -0.354. The number of amidine groups is 1. The second-order valence-electron chi connectivity index (χ2n) is 4.56. The summed E-state index contributed by atoms with van der Waals surface area (Å²) in [6.07, 6.45) is 3.06. The van der Waals surface area contributed by atoms with E-state index in [0.29, 0.717) is 28.3 Å². The van der Waals surface area contributed by atoms with E-state index in [0.717, 1.165) is 19.3 Å². The van der Waals surface area contributed by atoms with Gasteiger partial charge in [-0.05, 0) is 29.3 Å². The summed E-state index contributed by atoms with van der Waals surface area (Å²) >= 11 is 3.28. The van der Waals surface area contributed by atoms with E-state index in [9.17, 15) is 4.79 Å². The van der Waals surface area contributed by atoms with Crippen molar-refractivity contribution in [2.24, 2.45) is 10.7 Å². The normalized spacial score (nSPS) is 12.2. The van der Waals surface area contributed by atoms with Crippen LogP contribution in [0.15, 0.2) is 14.5 Å². The molecule has 0 saturated carbocycles. The molecule has 7 nitrogen and oxygen atoms in total. The van der Waals surface area contributed by atoms with Crippen LogP contribution in [-0.4, -0.2) is 25.4 Å². The maximum Gasteiger partial charge on any atom is 0.351 e. The number of aromatic amines is 1. The van der Waals surface area contributed by atoms with Crippen molar-refractivity contribution in [2.45, 2.75) is 39.7 Å². The number of rotatable bonds is 5. The van der Waals surface area contributed by atoms with Crippen LogP contribution in [0, 0.1) is 0 Å². The number of fused-ring (bicyclic) bond motifs is 1. The number of unbranched alkanes of at least 4 members (excludes halogenated alkanes) is 2. The highest BCUT2D eigenvalue weighted by Crippen LogP contribution is 2.22. The first kappa shape index (κ1) is 14.7. The quantitative estimate of drug-likeness (QED) is 0.376. The summed E-state index contributed by atoms with van der Waals surface area (Å²) in [7, 11) is 0. The van der Waals surface area contributed by atoms with Crippen LogP contribution in [0.5, 0.6) is 0 Å². The van der Waals surface area contributed by atoms with Crippen molar-refractivity contribution in [2.75, 3.05) is 0 Å². The largest absolute Gasteiger partial charge is 0.387 e. The summed E-state index contributed by atoms with van der Waals surface area (Å²) < 4.78 is 2.10. The van der Waals surface area contributed by atoms with Gasteiger partial charge >= 0.3 is 5.69 Å². The highest BCUT2D eigenvalue weighted by molar-refractivity contribution is 9.10. The van der Waals surface area contributed by atoms with Gasteiger partial charge in [-0.25, -0.2) is 14.8 Å². The van der Waals surface area contributed by atoms with Crippen molar-refractivity contribution in [1.29, 1.82) is 0 Å². The summed E-state index contributed by atoms with van der Waals surface area (Å²) in [5.41, 5.74) is 6.37. The number of nitrogens with zero attached hydrogens (tertiary/aromatic N) is 4. The predicted octanol–water partition coefficient (Wildman–Crippen LogP) is 2.08. The lowest BCUT2D eigenvalue weighted by Crippen LogP contribution is -2.23. The molecule has 0 aliphatic heterocycles. The highest BCUT2D eigenvalue weighted by atomic mass is 79.9. The fourth-order valence-corrected chi connectivity index (χ4v) is 2.32. The third-order valence-electron chi connectivity index (χ3n) is 2.84. The molecule has 0 atom stereocenters. The SMILES string of the molecule is CCCCCn1c(=O)nc(N=C(C)N)c2[nH]c(Br)nc21. The number of H-pyrrole nitrogens is 1. The van der Waals surface area contributed by atoms with E-state index < -0.39 is 0 Å². The molecule has 20 heavy (non-hydrogen) atoms. The van der Waals surface area contributed by atoms with Gasteiger partial charge in [-0.1, -0.05) is 19.8 Å². The lowest BCUT2D eigenvalue weighted by atomic mass is 10.2. The Kier molecular flexibility index (Phi) is 4.53. The molecule has 0 spiro atoms. The van der Waals surface area contributed by atoms with Crippen LogP contribution in [-0.2, 0) is 6.54 Å². The Bertz CT molecular complexity index is 698. The van der Waals surface area contributed by atoms with E-state index in [1.54, 1.807) is 11.5 Å². The van der Waals surface area contributed by atoms with E-state index in [1.807, 2.05) is 0 Å². The van der Waals surface area contributed by atoms with Crippen LogP contribution in [0.4, 0.5) is 5.82 Å². The van der Waals surface area contributed by atoms with Gasteiger partial charge in [-0.3, -0.25) is 4.57 Å². The molecule has 0 radical (unpaired) electrons. The molecule has 0 saturated heterocycles. The van der Waals surface area contributed by atoms with Gasteiger partial charge in [-0.15, -0.1) is 0 Å². The number of aryl methyl sites for hydroxylation is 1. The van der Waals surface area contributed by atoms with Gasteiger partial charge in [0.15, 0.2) is 16.2 Å². The molecule has 0 aliphatic carbocycles. The van der Waals surface area contributed by atoms with Gasteiger partial charge < -0.3 is 10.7 Å². The van der Waals surface area contributed by atoms with Crippen molar-refractivity contribution >= 4 is 38.7 Å². The van der Waals surface area contributed by atoms with Crippen LogP contribution in [0.2, 0.25) is 0 Å². The third kappa shape index (κ3) is 3.06. The van der Waals surface area contributed by atoms with Crippen molar-refractivity contribution in [3.8, 4) is 0 Å². The number of hydrogen-bond donors (Lipinski definition) is 2. The zero-order chi connectivity index (χ0) is 14.7. The molecular formula is C12H17BrN6O. The van der Waals surface area contributed by atoms with E-state index in [-0.39, 0.29) is 11.5 Å². The van der Waals surface area contributed by atoms with Crippen LogP contribution in [0.3, 0.4) is 0 Å². The molecule has 2 aromatic rings. The van der Waals surface area contributed by atoms with Crippen LogP contribution in [0.1, 0.15) is 33.1 Å². The van der Waals surface area contributed by atoms with E-state index in [1.165, 1.54) is 0 Å². The molecular weight excluding hydrogens is 324 g/mol. The number of halogens is 1. The van der Waals surface area contributed by atoms with Gasteiger partial charge in [0.2, 0.25) is 0 Å². The summed E-state index contributed by atoms with van der Waals surface area (Å²) in [5, 5.41) is 0. The van der Waals surface area contributed by atoms with Crippen molar-refractivity contribution in [1.82, 2.24) is 19.5 Å². The van der Waals surface area contributed by atoms with Gasteiger partial charge in [-0.2, -0.15) is 4.98 Å². The summed E-state index contributed by atoms with van der Waals surface area (Å²) in [5.74, 6) is 0.614. The Hall–Kier alpha value is -1.70. The molecule has 0 amide bonds. The highest BCUT2D eigenvalue weighted by Gasteiger charge is 2.14. The fraction of sp³-hybridized carbons (Fsp3) is 0.500. The molecule has 3 N–H and O–H groups in total. The van der Waals surface area contributed by atoms with Gasteiger partial charge in [0, 0.05) is 6.54 Å². The lowest BCUT2D eigenvalue weighted by molar-refractivity contribution is 0.590. The first-order chi connectivity index (χ1) is 9.52. The fourth-order valence-electron chi connectivity index (χ4n) is 1.95. The average molecular weight is 341 g/mol. The van der Waals surface area contributed by atoms with E-state index in [2.05, 4.69) is 42.8 Å². The van der Waals surface area contributed by atoms with Gasteiger partial charge in [0.25, 0.3) is 0 Å². The second-order valence-corrected chi connectivity index (χ2v) is 5.31. The summed E-state index contributed by atoms with van der Waals surface area (Å²) in [4.78, 5) is 27.5. The van der Waals surface area contributed by atoms with Crippen molar-refractivity contribution in [3.05, 3.63) is 15.2 Å². The molecule has 2 aromatic heterocycles. The number of nitrogens with one attached hydrogen (secondary N) is 1. The number of aliphatic imine (C=N–C) groups is 1. The maximum absolute atomic E-state index is 12.1. The number of hydrogen-bond acceptors (Lipinski definition) is 4. The van der Waals surface area contributed by atoms with Gasteiger partial charge in [0.1, 0.15) is 5.52 Å². The Morgan fingerprint density at radius 1 is 1.45 bits per heavy atom. The molecule has 0 unspecified atom stereocenters. The third-order valence-corrected chi connectivity index (χ3v) is 3.21. The zero-order valence-corrected chi connectivity index (χ0v) is 13.1. The lowest BCUT2D eigenvalue weighted by Gasteiger charge is -2.06. The smallest absolute Gasteiger partial charge is 0.351 e. The summed E-state index contributed by atoms with van der Waals surface area (Å²) in [6, 6.07) is 0. The standard InChI is InChI=1S/C12H17BrN6O/c1-3-4-5-6-19-10-8(16-11(13)18-10)9(15-7(2)14)17-12(19)20/h3-6H2,1-2H3,(H,16,18)(H2,14,15,17,20). The van der Waals surface area contributed by atoms with Gasteiger partial charge in [0.05, 0.1) is 5.84 Å². The molecule has 8 heteroatoms. The molecule has 0 aromatic carbocycles. The Labute approximate surface area is 124 Å². The molecule has 0 bridgehead atoms. The van der Waals surface area contributed by atoms with E-state index in [4.69, 9.17) is 5.73 Å². The number of aromatic nitrogens is 4. The molecule has 0 fully saturated rings. The number of nitrogens with two attached hydrogens (primary N) is 1. The first-order valence-electron chi connectivity index (χ1n) is 6.49. The maximum atomic E-state index is 12.1. The number of imidazole rings is 1. The Morgan fingerprint density at radius 3 is 2.85 bits per heavy atom. The van der Waals surface area contributed by atoms with Crippen molar-refractivity contribution in [3.63, 3.8) is 0 Å². The molecule has 2 heterocycles. The molecule has 108 valence electrons. The Morgan fingerprint density at radius 2 is 2.20 bits per heavy atom. The minimum Gasteiger partial charge on any atom is -0.387 e. The second kappa shape index (κ2) is 6.17.